The third-order valence-corrected chi connectivity index (χ3v) is 0. The van der Waals surface area contributed by atoms with E-state index in [0.29, 0.717) is 0 Å². The molecule has 0 heterocycles. The average molecular weight is 162 g/mol. The molecule has 27 valence electrons. The SMILES string of the molecule is [LiH].[Mn+2].[NaH].[Ni].[O-2]. The molecular weight excluding hydrogens is 160 g/mol. The van der Waals surface area contributed by atoms with E-state index in [1.165, 1.54) is 0 Å². The van der Waals surface area contributed by atoms with Crippen LogP contribution in [0.25, 0.3) is 0 Å². The molecule has 0 spiro atoms. The molecule has 0 atom stereocenters. The Morgan fingerprint density at radius 2 is 1.00 bits per heavy atom. The molecule has 0 aromatic rings. The first-order valence-electron chi connectivity index (χ1n) is 0. The molecule has 0 aromatic carbocycles. The summed E-state index contributed by atoms with van der Waals surface area (Å²) in [7, 11) is 0. The van der Waals surface area contributed by atoms with Gasteiger partial charge in [0.05, 0.1) is 0 Å². The maximum absolute atomic E-state index is 0. The third kappa shape index (κ3) is 20.8. The van der Waals surface area contributed by atoms with E-state index < -0.39 is 0 Å². The molecule has 1 nitrogen and oxygen atoms in total. The summed E-state index contributed by atoms with van der Waals surface area (Å²) in [4.78, 5) is 0. The van der Waals surface area contributed by atoms with Crippen LogP contribution < -0.4 is 0 Å². The van der Waals surface area contributed by atoms with Crippen LogP contribution in [0, 0.1) is 0 Å². The summed E-state index contributed by atoms with van der Waals surface area (Å²) in [6.45, 7) is 0. The van der Waals surface area contributed by atoms with Crippen molar-refractivity contribution in [2.24, 2.45) is 0 Å². The van der Waals surface area contributed by atoms with Gasteiger partial charge in [0.2, 0.25) is 0 Å². The van der Waals surface area contributed by atoms with Gasteiger partial charge in [-0.15, -0.1) is 0 Å². The second-order valence-electron chi connectivity index (χ2n) is 0. The van der Waals surface area contributed by atoms with Crippen LogP contribution in [-0.2, 0) is 39.0 Å². The van der Waals surface area contributed by atoms with Crippen molar-refractivity contribution >= 4 is 48.4 Å². The predicted octanol–water partition coefficient (Wildman–Crippen LogP) is -1.42. The molecule has 0 amide bonds. The Balaban J connectivity index is 0. The van der Waals surface area contributed by atoms with Crippen LogP contribution in [0.3, 0.4) is 0 Å². The first-order valence-corrected chi connectivity index (χ1v) is 0. The average Bonchev–Trinajstić information content (AvgIpc) is 0. The smallest absolute Gasteiger partial charge is 0 e. The first kappa shape index (κ1) is 49.5. The molecule has 0 aliphatic carbocycles. The van der Waals surface area contributed by atoms with Gasteiger partial charge in [-0.1, -0.05) is 0 Å². The molecule has 0 aliphatic heterocycles. The van der Waals surface area contributed by atoms with Crippen molar-refractivity contribution in [1.29, 1.82) is 0 Å². The van der Waals surface area contributed by atoms with Crippen LogP contribution in [0.5, 0.6) is 0 Å². The van der Waals surface area contributed by atoms with Gasteiger partial charge in [0, 0.05) is 16.5 Å². The zero-order valence-corrected chi connectivity index (χ0v) is 3.27. The molecule has 5 heavy (non-hydrogen) atoms. The summed E-state index contributed by atoms with van der Waals surface area (Å²) >= 11 is 0. The van der Waals surface area contributed by atoms with Gasteiger partial charge in [0.25, 0.3) is 0 Å². The van der Waals surface area contributed by atoms with Gasteiger partial charge in [0.15, 0.2) is 0 Å². The third-order valence-electron chi connectivity index (χ3n) is 0. The summed E-state index contributed by atoms with van der Waals surface area (Å²) in [5.41, 5.74) is 0. The van der Waals surface area contributed by atoms with Crippen molar-refractivity contribution < 1.29 is 39.0 Å². The Hall–Kier alpha value is 2.57. The van der Waals surface area contributed by atoms with E-state index >= 15 is 0 Å². The van der Waals surface area contributed by atoms with E-state index in [-0.39, 0.29) is 87.5 Å². The fourth-order valence-corrected chi connectivity index (χ4v) is 0. The van der Waals surface area contributed by atoms with Crippen LogP contribution in [0.1, 0.15) is 0 Å². The van der Waals surface area contributed by atoms with E-state index in [1.54, 1.807) is 0 Å². The molecule has 0 rings (SSSR count). The van der Waals surface area contributed by atoms with E-state index in [2.05, 4.69) is 0 Å². The molecule has 1 radical (unpaired) electrons. The van der Waals surface area contributed by atoms with Crippen LogP contribution in [0.4, 0.5) is 0 Å². The Morgan fingerprint density at radius 1 is 1.00 bits per heavy atom. The summed E-state index contributed by atoms with van der Waals surface area (Å²) in [6, 6.07) is 0. The minimum absolute atomic E-state index is 0. The van der Waals surface area contributed by atoms with Crippen LogP contribution in [0.2, 0.25) is 0 Å². The van der Waals surface area contributed by atoms with Crippen LogP contribution in [-0.4, -0.2) is 48.4 Å². The van der Waals surface area contributed by atoms with E-state index in [9.17, 15) is 0 Å². The Kier molecular flexibility index (Phi) is 305. The maximum atomic E-state index is 0. The molecular formula is H2LiMnNaNiO. The van der Waals surface area contributed by atoms with Gasteiger partial charge in [-0.3, -0.25) is 0 Å². The fraction of sp³-hybridized carbons (Fsp3) is 0. The van der Waals surface area contributed by atoms with Crippen LogP contribution in [0.15, 0.2) is 0 Å². The van der Waals surface area contributed by atoms with Gasteiger partial charge in [-0.05, 0) is 0 Å². The Bertz CT molecular complexity index is 11.6. The Labute approximate surface area is 86.2 Å². The minimum atomic E-state index is 0. The fourth-order valence-electron chi connectivity index (χ4n) is 0. The molecule has 0 aliphatic rings. The molecule has 0 fully saturated rings. The molecule has 0 N–H and O–H groups in total. The van der Waals surface area contributed by atoms with Gasteiger partial charge in [-0.2, -0.15) is 0 Å². The van der Waals surface area contributed by atoms with Crippen molar-refractivity contribution in [3.05, 3.63) is 0 Å². The topological polar surface area (TPSA) is 28.5 Å². The first-order chi connectivity index (χ1) is 0. The van der Waals surface area contributed by atoms with Gasteiger partial charge in [-0.25, -0.2) is 0 Å². The quantitative estimate of drug-likeness (QED) is 0.390. The van der Waals surface area contributed by atoms with Gasteiger partial charge in [0.1, 0.15) is 0 Å². The van der Waals surface area contributed by atoms with Crippen LogP contribution >= 0.6 is 0 Å². The second kappa shape index (κ2) is 30.9. The monoisotopic (exact) mass is 161 g/mol. The molecule has 0 saturated heterocycles. The predicted molar refractivity (Wildman–Crippen MR) is 15.0 cm³/mol. The van der Waals surface area contributed by atoms with Crippen molar-refractivity contribution in [1.82, 2.24) is 0 Å². The van der Waals surface area contributed by atoms with E-state index in [1.807, 2.05) is 0 Å². The normalized spacial score (nSPS) is 0. The van der Waals surface area contributed by atoms with Crippen molar-refractivity contribution in [3.63, 3.8) is 0 Å². The summed E-state index contributed by atoms with van der Waals surface area (Å²) in [6.07, 6.45) is 0. The molecule has 0 unspecified atom stereocenters. The standard InChI is InChI=1S/Li.Mn.Na.Ni.O.2H/q;+2;;;-2;;. The Morgan fingerprint density at radius 3 is 1.00 bits per heavy atom. The minimum Gasteiger partial charge on any atom is -2.00 e. The van der Waals surface area contributed by atoms with Gasteiger partial charge < -0.3 is 5.48 Å². The van der Waals surface area contributed by atoms with E-state index in [4.69, 9.17) is 0 Å². The zero-order chi connectivity index (χ0) is 0. The van der Waals surface area contributed by atoms with Gasteiger partial charge >= 0.3 is 65.5 Å². The van der Waals surface area contributed by atoms with E-state index in [0.717, 1.165) is 0 Å². The largest absolute Gasteiger partial charge is 2.00 e. The number of hydrogen-bond donors (Lipinski definition) is 0. The molecule has 0 saturated carbocycles. The molecule has 5 heteroatoms. The van der Waals surface area contributed by atoms with Crippen molar-refractivity contribution in [3.8, 4) is 0 Å². The maximum Gasteiger partial charge on any atom is 0 e. The summed E-state index contributed by atoms with van der Waals surface area (Å²) < 4.78 is 0. The summed E-state index contributed by atoms with van der Waals surface area (Å²) in [5.74, 6) is 0. The zero-order valence-electron chi connectivity index (χ0n) is 1.10. The van der Waals surface area contributed by atoms with Crippen molar-refractivity contribution in [2.45, 2.75) is 0 Å². The summed E-state index contributed by atoms with van der Waals surface area (Å²) in [5, 5.41) is 0. The molecule has 0 aromatic heterocycles. The molecule has 0 bridgehead atoms. The number of rotatable bonds is 0. The second-order valence-corrected chi connectivity index (χ2v) is 0. The number of hydrogen-bond acceptors (Lipinski definition) is 0. The van der Waals surface area contributed by atoms with Crippen molar-refractivity contribution in [2.75, 3.05) is 0 Å².